The molecule has 1 aromatic carbocycles. The third-order valence-electron chi connectivity index (χ3n) is 3.20. The van der Waals surface area contributed by atoms with Crippen LogP contribution in [0.15, 0.2) is 29.3 Å². The Hall–Kier alpha value is -2.26. The van der Waals surface area contributed by atoms with Gasteiger partial charge in [-0.1, -0.05) is 12.1 Å². The van der Waals surface area contributed by atoms with Crippen molar-refractivity contribution in [1.82, 2.24) is 14.5 Å². The summed E-state index contributed by atoms with van der Waals surface area (Å²) >= 11 is 0. The highest BCUT2D eigenvalue weighted by atomic mass is 32.2. The quantitative estimate of drug-likeness (QED) is 0.661. The van der Waals surface area contributed by atoms with Crippen LogP contribution in [0.2, 0.25) is 0 Å². The van der Waals surface area contributed by atoms with E-state index in [0.29, 0.717) is 11.3 Å². The second-order valence-corrected chi connectivity index (χ2v) is 6.64. The molecule has 0 aliphatic heterocycles. The fourth-order valence-electron chi connectivity index (χ4n) is 2.19. The van der Waals surface area contributed by atoms with Gasteiger partial charge in [0.05, 0.1) is 17.2 Å². The first-order valence-corrected chi connectivity index (χ1v) is 7.93. The molecule has 0 atom stereocenters. The molecule has 9 heteroatoms. The lowest BCUT2D eigenvalue weighted by Gasteiger charge is -2.09. The number of hydrogen-bond acceptors (Lipinski definition) is 5. The van der Waals surface area contributed by atoms with Crippen molar-refractivity contribution in [2.75, 3.05) is 0 Å². The van der Waals surface area contributed by atoms with E-state index in [1.54, 1.807) is 17.9 Å². The summed E-state index contributed by atoms with van der Waals surface area (Å²) in [4.78, 5) is 10.0. The Balaban J connectivity index is 2.35. The summed E-state index contributed by atoms with van der Waals surface area (Å²) in [5.41, 5.74) is 1.29. The van der Waals surface area contributed by atoms with Gasteiger partial charge in [-0.05, 0) is 25.0 Å². The first-order chi connectivity index (χ1) is 10.2. The Labute approximate surface area is 128 Å². The summed E-state index contributed by atoms with van der Waals surface area (Å²) in [5.74, 6) is 0. The molecule has 118 valence electrons. The number of sulfonamides is 1. The number of aryl methyl sites for hydroxylation is 3. The molecule has 0 radical (unpaired) electrons. The van der Waals surface area contributed by atoms with Crippen molar-refractivity contribution in [3.05, 3.63) is 51.3 Å². The molecule has 1 heterocycles. The molecule has 1 aromatic heterocycles. The molecule has 1 N–H and O–H groups in total. The van der Waals surface area contributed by atoms with Crippen molar-refractivity contribution in [1.29, 1.82) is 0 Å². The zero-order chi connectivity index (χ0) is 16.5. The van der Waals surface area contributed by atoms with Crippen LogP contribution in [0.25, 0.3) is 0 Å². The number of nitro benzene ring substituents is 1. The average Bonchev–Trinajstić information content (AvgIpc) is 2.74. The van der Waals surface area contributed by atoms with Crippen molar-refractivity contribution in [3.8, 4) is 0 Å². The van der Waals surface area contributed by atoms with Gasteiger partial charge in [-0.2, -0.15) is 5.10 Å². The summed E-state index contributed by atoms with van der Waals surface area (Å²) in [7, 11) is -2.28. The molecule has 0 amide bonds. The van der Waals surface area contributed by atoms with Crippen LogP contribution in [0.4, 0.5) is 5.69 Å². The first kappa shape index (κ1) is 16.1. The standard InChI is InChI=1S/C13H16N4O4S/c1-9-5-4-6-12(17(18)19)13(9)22(20,21)14-7-11-10(2)8-16(3)15-11/h4-6,8,14H,7H2,1-3H3. The highest BCUT2D eigenvalue weighted by Crippen LogP contribution is 2.26. The second kappa shape index (κ2) is 5.85. The smallest absolute Gasteiger partial charge is 0.275 e. The summed E-state index contributed by atoms with van der Waals surface area (Å²) in [6.07, 6.45) is 1.76. The highest BCUT2D eigenvalue weighted by Gasteiger charge is 2.27. The van der Waals surface area contributed by atoms with Crippen molar-refractivity contribution in [2.45, 2.75) is 25.3 Å². The SMILES string of the molecule is Cc1cn(C)nc1CNS(=O)(=O)c1c(C)cccc1[N+](=O)[O-]. The van der Waals surface area contributed by atoms with Crippen LogP contribution in [-0.2, 0) is 23.6 Å². The Morgan fingerprint density at radius 2 is 2.00 bits per heavy atom. The molecule has 2 aromatic rings. The average molecular weight is 324 g/mol. The van der Waals surface area contributed by atoms with Crippen molar-refractivity contribution in [3.63, 3.8) is 0 Å². The predicted molar refractivity (Wildman–Crippen MR) is 79.8 cm³/mol. The third kappa shape index (κ3) is 3.15. The van der Waals surface area contributed by atoms with E-state index in [9.17, 15) is 18.5 Å². The molecule has 0 saturated carbocycles. The predicted octanol–water partition coefficient (Wildman–Crippen LogP) is 1.42. The zero-order valence-corrected chi connectivity index (χ0v) is 13.2. The van der Waals surface area contributed by atoms with Gasteiger partial charge >= 0.3 is 0 Å². The van der Waals surface area contributed by atoms with E-state index in [-0.39, 0.29) is 11.4 Å². The highest BCUT2D eigenvalue weighted by molar-refractivity contribution is 7.89. The molecule has 0 aliphatic rings. The molecule has 0 aliphatic carbocycles. The molecular formula is C13H16N4O4S. The van der Waals surface area contributed by atoms with Gasteiger partial charge in [0.15, 0.2) is 4.90 Å². The van der Waals surface area contributed by atoms with Crippen LogP contribution in [0.1, 0.15) is 16.8 Å². The summed E-state index contributed by atoms with van der Waals surface area (Å²) in [6.45, 7) is 3.31. The zero-order valence-electron chi connectivity index (χ0n) is 12.4. The normalized spacial score (nSPS) is 11.6. The molecule has 8 nitrogen and oxygen atoms in total. The monoisotopic (exact) mass is 324 g/mol. The van der Waals surface area contributed by atoms with E-state index in [1.807, 2.05) is 6.92 Å². The second-order valence-electron chi connectivity index (χ2n) is 4.94. The summed E-state index contributed by atoms with van der Waals surface area (Å²) < 4.78 is 28.8. The number of aromatic nitrogens is 2. The minimum Gasteiger partial charge on any atom is -0.275 e. The Bertz CT molecular complexity index is 827. The minimum atomic E-state index is -4.01. The molecule has 2 rings (SSSR count). The van der Waals surface area contributed by atoms with Gasteiger partial charge in [-0.15, -0.1) is 0 Å². The van der Waals surface area contributed by atoms with Gasteiger partial charge in [-0.25, -0.2) is 13.1 Å². The largest absolute Gasteiger partial charge is 0.289 e. The number of nitrogens with zero attached hydrogens (tertiary/aromatic N) is 3. The van der Waals surface area contributed by atoms with Crippen LogP contribution < -0.4 is 4.72 Å². The van der Waals surface area contributed by atoms with E-state index in [4.69, 9.17) is 0 Å². The van der Waals surface area contributed by atoms with E-state index in [2.05, 4.69) is 9.82 Å². The van der Waals surface area contributed by atoms with Gasteiger partial charge in [-0.3, -0.25) is 14.8 Å². The van der Waals surface area contributed by atoms with Crippen LogP contribution in [0.5, 0.6) is 0 Å². The number of nitrogens with one attached hydrogen (secondary N) is 1. The van der Waals surface area contributed by atoms with E-state index < -0.39 is 20.6 Å². The van der Waals surface area contributed by atoms with Crippen LogP contribution in [0, 0.1) is 24.0 Å². The van der Waals surface area contributed by atoms with Gasteiger partial charge in [0.25, 0.3) is 5.69 Å². The fourth-order valence-corrected chi connectivity index (χ4v) is 3.57. The lowest BCUT2D eigenvalue weighted by Crippen LogP contribution is -2.25. The number of nitro groups is 1. The van der Waals surface area contributed by atoms with Crippen molar-refractivity contribution in [2.24, 2.45) is 7.05 Å². The van der Waals surface area contributed by atoms with E-state index in [1.165, 1.54) is 25.1 Å². The molecule has 0 fully saturated rings. The number of hydrogen-bond donors (Lipinski definition) is 1. The molecule has 0 saturated heterocycles. The van der Waals surface area contributed by atoms with Crippen LogP contribution >= 0.6 is 0 Å². The molecule has 22 heavy (non-hydrogen) atoms. The van der Waals surface area contributed by atoms with Gasteiger partial charge in [0.2, 0.25) is 10.0 Å². The lowest BCUT2D eigenvalue weighted by molar-refractivity contribution is -0.387. The van der Waals surface area contributed by atoms with Crippen molar-refractivity contribution < 1.29 is 13.3 Å². The summed E-state index contributed by atoms with van der Waals surface area (Å²) in [5, 5.41) is 15.2. The fraction of sp³-hybridized carbons (Fsp3) is 0.308. The Kier molecular flexibility index (Phi) is 4.29. The maximum Gasteiger partial charge on any atom is 0.289 e. The van der Waals surface area contributed by atoms with Gasteiger partial charge < -0.3 is 0 Å². The lowest BCUT2D eigenvalue weighted by atomic mass is 10.2. The first-order valence-electron chi connectivity index (χ1n) is 6.45. The Morgan fingerprint density at radius 1 is 1.32 bits per heavy atom. The van der Waals surface area contributed by atoms with Gasteiger partial charge in [0, 0.05) is 19.3 Å². The maximum atomic E-state index is 12.4. The number of rotatable bonds is 5. The third-order valence-corrected chi connectivity index (χ3v) is 4.79. The van der Waals surface area contributed by atoms with Crippen molar-refractivity contribution >= 4 is 15.7 Å². The Morgan fingerprint density at radius 3 is 2.55 bits per heavy atom. The topological polar surface area (TPSA) is 107 Å². The van der Waals surface area contributed by atoms with E-state index >= 15 is 0 Å². The number of benzene rings is 1. The van der Waals surface area contributed by atoms with E-state index in [0.717, 1.165) is 5.56 Å². The van der Waals surface area contributed by atoms with Crippen LogP contribution in [0.3, 0.4) is 0 Å². The minimum absolute atomic E-state index is 0.0273. The molecule has 0 unspecified atom stereocenters. The maximum absolute atomic E-state index is 12.4. The molecule has 0 bridgehead atoms. The van der Waals surface area contributed by atoms with Crippen LogP contribution in [-0.4, -0.2) is 23.1 Å². The van der Waals surface area contributed by atoms with Gasteiger partial charge in [0.1, 0.15) is 0 Å². The summed E-state index contributed by atoms with van der Waals surface area (Å²) in [6, 6.07) is 4.15. The molecular weight excluding hydrogens is 308 g/mol. The molecule has 0 spiro atoms.